The van der Waals surface area contributed by atoms with Crippen LogP contribution in [0.1, 0.15) is 19.3 Å². The number of hydrogen-bond acceptors (Lipinski definition) is 7. The number of carbonyl (C=O) groups is 1. The molecule has 0 fully saturated rings. The van der Waals surface area contributed by atoms with Crippen molar-refractivity contribution in [2.24, 2.45) is 0 Å². The lowest BCUT2D eigenvalue weighted by molar-refractivity contribution is -0.597. The normalized spacial score (nSPS) is 11.2. The number of hydrogen-bond donors (Lipinski definition) is 0. The van der Waals surface area contributed by atoms with Gasteiger partial charge in [-0.1, -0.05) is 15.9 Å². The SMILES string of the molecule is COc1ccc([I+]c2ccc(OC)cc2)cc1.O=C(OCCCCCBr)C(F)(F)S(=O)(=O)[O-]. The third-order valence-corrected chi connectivity index (χ3v) is 7.92. The summed E-state index contributed by atoms with van der Waals surface area (Å²) in [6, 6.07) is 16.6. The van der Waals surface area contributed by atoms with E-state index in [-0.39, 0.29) is 27.8 Å². The lowest BCUT2D eigenvalue weighted by atomic mass is 10.3. The van der Waals surface area contributed by atoms with Crippen LogP contribution in [0.4, 0.5) is 8.78 Å². The second kappa shape index (κ2) is 14.7. The first-order chi connectivity index (χ1) is 15.5. The Labute approximate surface area is 210 Å². The number of alkyl halides is 3. The number of carbonyl (C=O) groups excluding carboxylic acids is 1. The molecule has 0 saturated heterocycles. The van der Waals surface area contributed by atoms with E-state index in [2.05, 4.69) is 44.9 Å². The molecule has 0 heterocycles. The van der Waals surface area contributed by atoms with E-state index in [1.807, 2.05) is 24.3 Å². The molecule has 7 nitrogen and oxygen atoms in total. The second-order valence-corrected chi connectivity index (χ2v) is 11.5. The van der Waals surface area contributed by atoms with E-state index in [1.54, 1.807) is 14.2 Å². The summed E-state index contributed by atoms with van der Waals surface area (Å²) in [6.45, 7) is -0.336. The summed E-state index contributed by atoms with van der Waals surface area (Å²) in [5.74, 6) is -0.499. The van der Waals surface area contributed by atoms with Crippen LogP contribution < -0.4 is 30.7 Å². The second-order valence-electron chi connectivity index (χ2n) is 6.27. The van der Waals surface area contributed by atoms with Crippen molar-refractivity contribution in [2.75, 3.05) is 26.2 Å². The number of ether oxygens (including phenoxy) is 3. The van der Waals surface area contributed by atoms with Crippen molar-refractivity contribution in [1.82, 2.24) is 0 Å². The minimum Gasteiger partial charge on any atom is -0.743 e. The van der Waals surface area contributed by atoms with Gasteiger partial charge in [0, 0.05) is 5.33 Å². The zero-order valence-corrected chi connectivity index (χ0v) is 22.5. The molecule has 0 aliphatic heterocycles. The lowest BCUT2D eigenvalue weighted by Crippen LogP contribution is -3.61. The highest BCUT2D eigenvalue weighted by molar-refractivity contribution is 9.09. The number of benzene rings is 2. The number of methoxy groups -OCH3 is 2. The predicted octanol–water partition coefficient (Wildman–Crippen LogP) is 1.07. The molecule has 0 radical (unpaired) electrons. The third-order valence-electron chi connectivity index (χ3n) is 3.88. The molecule has 2 aromatic carbocycles. The zero-order chi connectivity index (χ0) is 24.9. The van der Waals surface area contributed by atoms with Crippen molar-refractivity contribution in [3.8, 4) is 11.5 Å². The standard InChI is InChI=1S/C14H14IO2.C7H11BrF2O5S/c1-16-13-7-3-11(4-8-13)15-12-5-9-14(17-2)10-6-12;8-4-2-1-3-5-15-6(11)7(9,10)16(12,13)14/h3-10H,1-2H3;1-5H2,(H,12,13,14)/q+1;/p-1. The molecular weight excluding hydrogens is 641 g/mol. The molecule has 12 heteroatoms. The lowest BCUT2D eigenvalue weighted by Gasteiger charge is -2.17. The van der Waals surface area contributed by atoms with Gasteiger partial charge in [-0.05, 0) is 67.8 Å². The fourth-order valence-corrected chi connectivity index (χ4v) is 4.93. The molecule has 0 N–H and O–H groups in total. The highest BCUT2D eigenvalue weighted by Gasteiger charge is 2.48. The summed E-state index contributed by atoms with van der Waals surface area (Å²) in [4.78, 5) is 10.6. The quantitative estimate of drug-likeness (QED) is 0.116. The van der Waals surface area contributed by atoms with Crippen LogP contribution in [0.5, 0.6) is 11.5 Å². The van der Waals surface area contributed by atoms with Gasteiger partial charge in [0.1, 0.15) is 11.5 Å². The van der Waals surface area contributed by atoms with E-state index in [0.717, 1.165) is 23.2 Å². The maximum absolute atomic E-state index is 12.5. The maximum atomic E-state index is 12.5. The Morgan fingerprint density at radius 2 is 1.39 bits per heavy atom. The largest absolute Gasteiger partial charge is 0.743 e. The van der Waals surface area contributed by atoms with E-state index in [1.165, 1.54) is 7.14 Å². The van der Waals surface area contributed by atoms with Crippen molar-refractivity contribution in [3.63, 3.8) is 0 Å². The third kappa shape index (κ3) is 10.5. The van der Waals surface area contributed by atoms with E-state index in [9.17, 15) is 26.5 Å². The van der Waals surface area contributed by atoms with Crippen LogP contribution >= 0.6 is 15.9 Å². The molecule has 0 aromatic heterocycles. The smallest absolute Gasteiger partial charge is 0.428 e. The highest BCUT2D eigenvalue weighted by atomic mass is 127. The average Bonchev–Trinajstić information content (AvgIpc) is 2.79. The van der Waals surface area contributed by atoms with Crippen molar-refractivity contribution in [2.45, 2.75) is 24.5 Å². The van der Waals surface area contributed by atoms with Gasteiger partial charge in [-0.3, -0.25) is 0 Å². The summed E-state index contributed by atoms with van der Waals surface area (Å²) >= 11 is 3.02. The van der Waals surface area contributed by atoms with Crippen LogP contribution in [-0.2, 0) is 19.6 Å². The van der Waals surface area contributed by atoms with Gasteiger partial charge < -0.3 is 18.8 Å². The Balaban J connectivity index is 0.000000331. The maximum Gasteiger partial charge on any atom is 0.428 e. The minimum absolute atomic E-state index is 0.119. The van der Waals surface area contributed by atoms with Gasteiger partial charge >= 0.3 is 32.4 Å². The monoisotopic (exact) mass is 664 g/mol. The molecule has 2 aromatic rings. The van der Waals surface area contributed by atoms with Gasteiger partial charge in [0.05, 0.1) is 20.8 Å². The molecule has 0 aliphatic rings. The average molecular weight is 665 g/mol. The molecule has 0 unspecified atom stereocenters. The van der Waals surface area contributed by atoms with Gasteiger partial charge in [0.25, 0.3) is 0 Å². The molecule has 0 atom stereocenters. The Hall–Kier alpha value is -1.51. The minimum atomic E-state index is -6.01. The molecule has 33 heavy (non-hydrogen) atoms. The summed E-state index contributed by atoms with van der Waals surface area (Å²) in [5, 5.41) is -4.28. The van der Waals surface area contributed by atoms with Gasteiger partial charge in [0.15, 0.2) is 17.3 Å². The molecule has 184 valence electrons. The van der Waals surface area contributed by atoms with Crippen molar-refractivity contribution < 1.29 is 62.0 Å². The van der Waals surface area contributed by atoms with E-state index >= 15 is 0 Å². The molecular formula is C21H24BrF2IO7S. The first kappa shape index (κ1) is 29.5. The fraction of sp³-hybridized carbons (Fsp3) is 0.381. The van der Waals surface area contributed by atoms with Gasteiger partial charge in [-0.2, -0.15) is 8.78 Å². The zero-order valence-electron chi connectivity index (χ0n) is 17.9. The van der Waals surface area contributed by atoms with Gasteiger partial charge in [-0.25, -0.2) is 13.2 Å². The number of esters is 1. The van der Waals surface area contributed by atoms with Crippen molar-refractivity contribution in [3.05, 3.63) is 55.7 Å². The Morgan fingerprint density at radius 3 is 1.76 bits per heavy atom. The van der Waals surface area contributed by atoms with Crippen molar-refractivity contribution in [1.29, 1.82) is 0 Å². The van der Waals surface area contributed by atoms with Crippen LogP contribution in [0.3, 0.4) is 0 Å². The number of halogens is 4. The predicted molar refractivity (Wildman–Crippen MR) is 117 cm³/mol. The van der Waals surface area contributed by atoms with Crippen LogP contribution in [0.15, 0.2) is 48.5 Å². The molecule has 0 amide bonds. The van der Waals surface area contributed by atoms with Crippen LogP contribution in [0, 0.1) is 7.14 Å². The van der Waals surface area contributed by atoms with E-state index in [0.29, 0.717) is 12.8 Å². The fourth-order valence-electron chi connectivity index (χ4n) is 2.12. The van der Waals surface area contributed by atoms with Crippen LogP contribution in [-0.4, -0.2) is 50.4 Å². The molecule has 2 rings (SSSR count). The van der Waals surface area contributed by atoms with E-state index in [4.69, 9.17) is 9.47 Å². The molecule has 0 bridgehead atoms. The topological polar surface area (TPSA) is 102 Å². The summed E-state index contributed by atoms with van der Waals surface area (Å²) in [6.07, 6.45) is 1.73. The van der Waals surface area contributed by atoms with Crippen LogP contribution in [0.25, 0.3) is 0 Å². The number of rotatable bonds is 11. The molecule has 0 spiro atoms. The Kier molecular flexibility index (Phi) is 13.1. The summed E-state index contributed by atoms with van der Waals surface area (Å²) in [5.41, 5.74) is 0. The molecule has 0 aliphatic carbocycles. The highest BCUT2D eigenvalue weighted by Crippen LogP contribution is 2.22. The van der Waals surface area contributed by atoms with Gasteiger partial charge in [0.2, 0.25) is 0 Å². The Bertz CT molecular complexity index is 910. The first-order valence-electron chi connectivity index (χ1n) is 9.54. The number of unbranched alkanes of at least 4 members (excludes halogenated alkanes) is 2. The van der Waals surface area contributed by atoms with E-state index < -0.39 is 21.3 Å². The molecule has 0 saturated carbocycles. The van der Waals surface area contributed by atoms with Gasteiger partial charge in [-0.15, -0.1) is 0 Å². The Morgan fingerprint density at radius 1 is 0.939 bits per heavy atom. The summed E-state index contributed by atoms with van der Waals surface area (Å²) < 4.78 is 72.1. The summed E-state index contributed by atoms with van der Waals surface area (Å²) in [7, 11) is -2.64. The van der Waals surface area contributed by atoms with Crippen molar-refractivity contribution >= 4 is 32.0 Å². The first-order valence-corrected chi connectivity index (χ1v) is 14.2. The van der Waals surface area contributed by atoms with Crippen LogP contribution in [0.2, 0.25) is 0 Å².